The van der Waals surface area contributed by atoms with Gasteiger partial charge in [-0.1, -0.05) is 0 Å². The Morgan fingerprint density at radius 3 is 2.11 bits per heavy atom. The Hall–Kier alpha value is -1.89. The van der Waals surface area contributed by atoms with E-state index in [9.17, 15) is 9.59 Å². The lowest BCUT2D eigenvalue weighted by atomic mass is 10.1. The minimum Gasteiger partial charge on any atom is -0.342 e. The first kappa shape index (κ1) is 19.9. The molecule has 27 heavy (non-hydrogen) atoms. The third kappa shape index (κ3) is 4.89. The van der Waals surface area contributed by atoms with Crippen LogP contribution in [-0.4, -0.2) is 82.1 Å². The summed E-state index contributed by atoms with van der Waals surface area (Å²) < 4.78 is 1.88. The van der Waals surface area contributed by atoms with Crippen molar-refractivity contribution in [1.82, 2.24) is 24.5 Å². The molecular formula is C20H33N5O2. The standard InChI is InChI=1S/C20H33N5O2/c1-16-18(17(2)22(3)21-16)7-8-19(26)25-13-11-23(12-14-25)15-20(27)24-9-5-4-6-10-24/h4-15H2,1-3H3. The smallest absolute Gasteiger partial charge is 0.236 e. The second-order valence-electron chi connectivity index (χ2n) is 7.87. The fraction of sp³-hybridized carbons (Fsp3) is 0.750. The van der Waals surface area contributed by atoms with Crippen LogP contribution in [0, 0.1) is 13.8 Å². The summed E-state index contributed by atoms with van der Waals surface area (Å²) in [6, 6.07) is 0. The van der Waals surface area contributed by atoms with Crippen LogP contribution >= 0.6 is 0 Å². The molecule has 2 amide bonds. The van der Waals surface area contributed by atoms with Crippen molar-refractivity contribution in [2.75, 3.05) is 45.8 Å². The largest absolute Gasteiger partial charge is 0.342 e. The Bertz CT molecular complexity index is 670. The van der Waals surface area contributed by atoms with Gasteiger partial charge >= 0.3 is 0 Å². The van der Waals surface area contributed by atoms with Gasteiger partial charge in [-0.15, -0.1) is 0 Å². The van der Waals surface area contributed by atoms with Gasteiger partial charge < -0.3 is 9.80 Å². The van der Waals surface area contributed by atoms with Gasteiger partial charge in [0.05, 0.1) is 12.2 Å². The van der Waals surface area contributed by atoms with E-state index >= 15 is 0 Å². The molecule has 0 aromatic carbocycles. The van der Waals surface area contributed by atoms with Crippen molar-refractivity contribution in [2.45, 2.75) is 46.0 Å². The Morgan fingerprint density at radius 2 is 1.52 bits per heavy atom. The molecule has 0 atom stereocenters. The van der Waals surface area contributed by atoms with Gasteiger partial charge in [0.1, 0.15) is 0 Å². The van der Waals surface area contributed by atoms with E-state index < -0.39 is 0 Å². The second kappa shape index (κ2) is 8.87. The zero-order valence-corrected chi connectivity index (χ0v) is 17.0. The highest BCUT2D eigenvalue weighted by Crippen LogP contribution is 2.15. The first-order valence-corrected chi connectivity index (χ1v) is 10.2. The van der Waals surface area contributed by atoms with Gasteiger partial charge in [0.25, 0.3) is 0 Å². The summed E-state index contributed by atoms with van der Waals surface area (Å²) in [6.45, 7) is 9.38. The molecular weight excluding hydrogens is 342 g/mol. The van der Waals surface area contributed by atoms with Gasteiger partial charge in [-0.05, 0) is 45.1 Å². The molecule has 2 fully saturated rings. The van der Waals surface area contributed by atoms with E-state index in [-0.39, 0.29) is 11.8 Å². The van der Waals surface area contributed by atoms with E-state index in [0.29, 0.717) is 13.0 Å². The van der Waals surface area contributed by atoms with Gasteiger partial charge in [0, 0.05) is 58.4 Å². The molecule has 1 aromatic rings. The summed E-state index contributed by atoms with van der Waals surface area (Å²) >= 11 is 0. The van der Waals surface area contributed by atoms with E-state index in [1.54, 1.807) is 0 Å². The number of piperidine rings is 1. The number of hydrogen-bond donors (Lipinski definition) is 0. The average molecular weight is 376 g/mol. The van der Waals surface area contributed by atoms with Crippen molar-refractivity contribution < 1.29 is 9.59 Å². The van der Waals surface area contributed by atoms with Crippen LogP contribution in [0.5, 0.6) is 0 Å². The lowest BCUT2D eigenvalue weighted by molar-refractivity contribution is -0.135. The number of likely N-dealkylation sites (tertiary alicyclic amines) is 1. The van der Waals surface area contributed by atoms with Crippen LogP contribution in [-0.2, 0) is 23.1 Å². The van der Waals surface area contributed by atoms with Crippen LogP contribution in [0.2, 0.25) is 0 Å². The number of rotatable bonds is 5. The van der Waals surface area contributed by atoms with Crippen LogP contribution in [0.25, 0.3) is 0 Å². The molecule has 0 spiro atoms. The maximum absolute atomic E-state index is 12.6. The average Bonchev–Trinajstić information content (AvgIpc) is 2.92. The normalized spacial score (nSPS) is 18.8. The third-order valence-corrected chi connectivity index (χ3v) is 6.04. The number of amides is 2. The SMILES string of the molecule is Cc1nn(C)c(C)c1CCC(=O)N1CCN(CC(=O)N2CCCCC2)CC1. The Morgan fingerprint density at radius 1 is 0.889 bits per heavy atom. The van der Waals surface area contributed by atoms with E-state index in [1.165, 1.54) is 12.0 Å². The molecule has 0 saturated carbocycles. The molecule has 3 heterocycles. The van der Waals surface area contributed by atoms with E-state index in [4.69, 9.17) is 0 Å². The zero-order chi connectivity index (χ0) is 19.4. The summed E-state index contributed by atoms with van der Waals surface area (Å²) in [6.07, 6.45) is 4.77. The number of aromatic nitrogens is 2. The minimum atomic E-state index is 0.208. The molecule has 2 saturated heterocycles. The van der Waals surface area contributed by atoms with Crippen molar-refractivity contribution in [3.63, 3.8) is 0 Å². The summed E-state index contributed by atoms with van der Waals surface area (Å²) in [5.74, 6) is 0.455. The van der Waals surface area contributed by atoms with Crippen molar-refractivity contribution in [3.8, 4) is 0 Å². The highest BCUT2D eigenvalue weighted by Gasteiger charge is 2.25. The van der Waals surface area contributed by atoms with Gasteiger partial charge in [0.15, 0.2) is 0 Å². The van der Waals surface area contributed by atoms with Crippen molar-refractivity contribution in [3.05, 3.63) is 17.0 Å². The monoisotopic (exact) mass is 375 g/mol. The fourth-order valence-corrected chi connectivity index (χ4v) is 4.16. The highest BCUT2D eigenvalue weighted by molar-refractivity contribution is 5.78. The van der Waals surface area contributed by atoms with E-state index in [0.717, 1.165) is 69.9 Å². The van der Waals surface area contributed by atoms with Gasteiger partial charge in [-0.3, -0.25) is 19.2 Å². The Labute approximate surface area is 162 Å². The topological polar surface area (TPSA) is 61.7 Å². The van der Waals surface area contributed by atoms with Crippen LogP contribution < -0.4 is 0 Å². The molecule has 150 valence electrons. The number of piperazine rings is 1. The molecule has 2 aliphatic heterocycles. The van der Waals surface area contributed by atoms with Crippen molar-refractivity contribution in [1.29, 1.82) is 0 Å². The molecule has 1 aromatic heterocycles. The summed E-state index contributed by atoms with van der Waals surface area (Å²) in [5.41, 5.74) is 3.35. The minimum absolute atomic E-state index is 0.208. The molecule has 0 N–H and O–H groups in total. The Kier molecular flexibility index (Phi) is 6.52. The van der Waals surface area contributed by atoms with E-state index in [1.807, 2.05) is 28.5 Å². The van der Waals surface area contributed by atoms with Crippen LogP contribution in [0.1, 0.15) is 42.6 Å². The first-order chi connectivity index (χ1) is 13.0. The van der Waals surface area contributed by atoms with Crippen LogP contribution in [0.4, 0.5) is 0 Å². The maximum Gasteiger partial charge on any atom is 0.236 e. The highest BCUT2D eigenvalue weighted by atomic mass is 16.2. The van der Waals surface area contributed by atoms with Gasteiger partial charge in [0.2, 0.25) is 11.8 Å². The molecule has 0 unspecified atom stereocenters. The van der Waals surface area contributed by atoms with Crippen molar-refractivity contribution in [2.24, 2.45) is 7.05 Å². The number of aryl methyl sites for hydroxylation is 2. The first-order valence-electron chi connectivity index (χ1n) is 10.2. The van der Waals surface area contributed by atoms with Gasteiger partial charge in [-0.2, -0.15) is 5.10 Å². The lowest BCUT2D eigenvalue weighted by Crippen LogP contribution is -2.52. The molecule has 7 heteroatoms. The number of nitrogens with zero attached hydrogens (tertiary/aromatic N) is 5. The second-order valence-corrected chi connectivity index (χ2v) is 7.87. The number of carbonyl (C=O) groups excluding carboxylic acids is 2. The predicted octanol–water partition coefficient (Wildman–Crippen LogP) is 1.13. The molecule has 2 aliphatic rings. The van der Waals surface area contributed by atoms with E-state index in [2.05, 4.69) is 16.9 Å². The lowest BCUT2D eigenvalue weighted by Gasteiger charge is -2.36. The Balaban J connectivity index is 1.41. The maximum atomic E-state index is 12.6. The zero-order valence-electron chi connectivity index (χ0n) is 17.0. The van der Waals surface area contributed by atoms with Gasteiger partial charge in [-0.25, -0.2) is 0 Å². The summed E-state index contributed by atoms with van der Waals surface area (Å²) in [4.78, 5) is 31.1. The molecule has 7 nitrogen and oxygen atoms in total. The third-order valence-electron chi connectivity index (χ3n) is 6.04. The van der Waals surface area contributed by atoms with Crippen LogP contribution in [0.3, 0.4) is 0 Å². The quantitative estimate of drug-likeness (QED) is 0.774. The summed E-state index contributed by atoms with van der Waals surface area (Å²) in [5, 5.41) is 4.43. The number of carbonyl (C=O) groups is 2. The molecule has 3 rings (SSSR count). The predicted molar refractivity (Wildman–Crippen MR) is 104 cm³/mol. The van der Waals surface area contributed by atoms with Crippen molar-refractivity contribution >= 4 is 11.8 Å². The van der Waals surface area contributed by atoms with Crippen LogP contribution in [0.15, 0.2) is 0 Å². The molecule has 0 aliphatic carbocycles. The summed E-state index contributed by atoms with van der Waals surface area (Å²) in [7, 11) is 1.94. The fourth-order valence-electron chi connectivity index (χ4n) is 4.16. The molecule has 0 radical (unpaired) electrons. The number of hydrogen-bond acceptors (Lipinski definition) is 4. The molecule has 0 bridgehead atoms.